The smallest absolute Gasteiger partial charge is 0.336 e. The Bertz CT molecular complexity index is 1670. The van der Waals surface area contributed by atoms with Gasteiger partial charge < -0.3 is 14.6 Å². The van der Waals surface area contributed by atoms with Crippen LogP contribution in [0.5, 0.6) is 0 Å². The average molecular weight is 493 g/mol. The molecule has 0 bridgehead atoms. The first kappa shape index (κ1) is 23.0. The van der Waals surface area contributed by atoms with Crippen molar-refractivity contribution in [3.8, 4) is 0 Å². The molecule has 1 aromatic heterocycles. The Labute approximate surface area is 213 Å². The van der Waals surface area contributed by atoms with Gasteiger partial charge in [-0.15, -0.1) is 0 Å². The minimum Gasteiger partial charge on any atom is -0.466 e. The monoisotopic (exact) mass is 492 g/mol. The van der Waals surface area contributed by atoms with E-state index >= 15 is 0 Å². The van der Waals surface area contributed by atoms with Crippen LogP contribution in [0.4, 0.5) is 4.39 Å². The number of halogens is 1. The number of carbonyl (C=O) groups excluding carboxylic acids is 2. The molecule has 1 atom stereocenters. The third-order valence-electron chi connectivity index (χ3n) is 7.48. The molecule has 0 amide bonds. The van der Waals surface area contributed by atoms with Crippen LogP contribution in [-0.4, -0.2) is 23.4 Å². The number of methoxy groups -OCH3 is 1. The molecule has 5 nitrogen and oxygen atoms in total. The van der Waals surface area contributed by atoms with E-state index in [9.17, 15) is 14.0 Å². The van der Waals surface area contributed by atoms with Crippen LogP contribution in [0.2, 0.25) is 0 Å². The number of hydrogen-bond acceptors (Lipinski definition) is 4. The molecule has 1 aliphatic heterocycles. The second-order valence-corrected chi connectivity index (χ2v) is 9.48. The fourth-order valence-corrected chi connectivity index (χ4v) is 5.80. The lowest BCUT2D eigenvalue weighted by molar-refractivity contribution is -0.136. The van der Waals surface area contributed by atoms with E-state index in [0.717, 1.165) is 39.0 Å². The van der Waals surface area contributed by atoms with E-state index in [4.69, 9.17) is 4.74 Å². The number of dihydropyridines is 1. The van der Waals surface area contributed by atoms with Crippen LogP contribution in [0.3, 0.4) is 0 Å². The van der Waals surface area contributed by atoms with Crippen molar-refractivity contribution in [3.05, 3.63) is 123 Å². The van der Waals surface area contributed by atoms with Crippen molar-refractivity contribution in [1.82, 2.24) is 9.88 Å². The fourth-order valence-electron chi connectivity index (χ4n) is 5.80. The summed E-state index contributed by atoms with van der Waals surface area (Å²) in [6.45, 7) is 4.38. The first-order valence-electron chi connectivity index (χ1n) is 12.2. The first-order chi connectivity index (χ1) is 17.9. The van der Waals surface area contributed by atoms with E-state index in [1.807, 2.05) is 62.4 Å². The van der Waals surface area contributed by atoms with E-state index in [-0.39, 0.29) is 11.6 Å². The number of Topliss-reactive ketones (excluding diaryl/α,β-unsaturated/α-hetero) is 1. The zero-order valence-corrected chi connectivity index (χ0v) is 20.8. The SMILES string of the molecule is COC(=O)C1=C(C)NC2=C(C(=O)c3ccccc32)[C@@H]1c1c(C)n(Cc2ccc(F)cc2)c2ccccc12. The second-order valence-electron chi connectivity index (χ2n) is 9.48. The van der Waals surface area contributed by atoms with Gasteiger partial charge >= 0.3 is 5.97 Å². The van der Waals surface area contributed by atoms with Gasteiger partial charge in [0.25, 0.3) is 0 Å². The van der Waals surface area contributed by atoms with Crippen molar-refractivity contribution in [2.75, 3.05) is 7.11 Å². The maximum Gasteiger partial charge on any atom is 0.336 e. The highest BCUT2D eigenvalue weighted by Gasteiger charge is 2.44. The van der Waals surface area contributed by atoms with Crippen LogP contribution >= 0.6 is 0 Å². The summed E-state index contributed by atoms with van der Waals surface area (Å²) in [4.78, 5) is 27.1. The van der Waals surface area contributed by atoms with Crippen LogP contribution < -0.4 is 5.32 Å². The van der Waals surface area contributed by atoms with Gasteiger partial charge in [0.1, 0.15) is 5.82 Å². The lowest BCUT2D eigenvalue weighted by Gasteiger charge is -2.29. The molecule has 0 unspecified atom stereocenters. The van der Waals surface area contributed by atoms with Crippen molar-refractivity contribution in [2.24, 2.45) is 0 Å². The summed E-state index contributed by atoms with van der Waals surface area (Å²) >= 11 is 0. The molecular formula is C31H25FN2O3. The van der Waals surface area contributed by atoms with Crippen LogP contribution in [0.25, 0.3) is 16.6 Å². The lowest BCUT2D eigenvalue weighted by atomic mass is 9.78. The number of fused-ring (bicyclic) bond motifs is 3. The normalized spacial score (nSPS) is 16.6. The third-order valence-corrected chi connectivity index (χ3v) is 7.48. The summed E-state index contributed by atoms with van der Waals surface area (Å²) in [6.07, 6.45) is 0. The summed E-state index contributed by atoms with van der Waals surface area (Å²) < 4.78 is 21.0. The number of para-hydroxylation sites is 1. The minimum absolute atomic E-state index is 0.0910. The number of benzene rings is 3. The second kappa shape index (κ2) is 8.59. The number of ether oxygens (including phenoxy) is 1. The van der Waals surface area contributed by atoms with Gasteiger partial charge in [0.05, 0.1) is 24.3 Å². The van der Waals surface area contributed by atoms with Crippen LogP contribution in [0.1, 0.15) is 45.6 Å². The molecule has 0 saturated carbocycles. The molecule has 1 N–H and O–H groups in total. The molecule has 0 spiro atoms. The Hall–Kier alpha value is -4.45. The standard InChI is InChI=1S/C31H25FN2O3/c1-17-25(31(36)37-3)27(28-29(33-17)21-8-4-5-9-22(21)30(28)35)26-18(2)34(24-11-7-6-10-23(24)26)16-19-12-14-20(32)15-13-19/h4-15,27,33H,16H2,1-3H3/t27-/m0/s1. The topological polar surface area (TPSA) is 60.3 Å². The summed E-state index contributed by atoms with van der Waals surface area (Å²) in [5, 5.41) is 4.30. The van der Waals surface area contributed by atoms with Crippen molar-refractivity contribution in [2.45, 2.75) is 26.3 Å². The van der Waals surface area contributed by atoms with Gasteiger partial charge in [-0.25, -0.2) is 9.18 Å². The van der Waals surface area contributed by atoms with Gasteiger partial charge in [0.15, 0.2) is 5.78 Å². The van der Waals surface area contributed by atoms with Crippen LogP contribution in [0, 0.1) is 12.7 Å². The molecule has 0 radical (unpaired) electrons. The van der Waals surface area contributed by atoms with Crippen LogP contribution in [0.15, 0.2) is 89.6 Å². The van der Waals surface area contributed by atoms with Gasteiger partial charge in [0, 0.05) is 45.5 Å². The number of rotatable bonds is 4. The van der Waals surface area contributed by atoms with Crippen molar-refractivity contribution < 1.29 is 18.7 Å². The van der Waals surface area contributed by atoms with Crippen molar-refractivity contribution in [3.63, 3.8) is 0 Å². The number of esters is 1. The number of nitrogens with zero attached hydrogens (tertiary/aromatic N) is 1. The zero-order chi connectivity index (χ0) is 25.8. The molecule has 37 heavy (non-hydrogen) atoms. The van der Waals surface area contributed by atoms with Crippen molar-refractivity contribution in [1.29, 1.82) is 0 Å². The number of aromatic nitrogens is 1. The largest absolute Gasteiger partial charge is 0.466 e. The van der Waals surface area contributed by atoms with Gasteiger partial charge in [0.2, 0.25) is 0 Å². The fraction of sp³-hybridized carbons (Fsp3) is 0.161. The molecule has 0 fully saturated rings. The third kappa shape index (κ3) is 3.44. The number of hydrogen-bond donors (Lipinski definition) is 1. The zero-order valence-electron chi connectivity index (χ0n) is 20.8. The Morgan fingerprint density at radius 2 is 1.65 bits per heavy atom. The van der Waals surface area contributed by atoms with Gasteiger partial charge in [-0.3, -0.25) is 4.79 Å². The molecule has 3 aromatic carbocycles. The van der Waals surface area contributed by atoms with Gasteiger partial charge in [-0.1, -0.05) is 54.6 Å². The first-order valence-corrected chi connectivity index (χ1v) is 12.2. The number of ketones is 1. The Kier molecular flexibility index (Phi) is 5.33. The quantitative estimate of drug-likeness (QED) is 0.362. The molecule has 184 valence electrons. The number of nitrogens with one attached hydrogen (secondary N) is 1. The van der Waals surface area contributed by atoms with E-state index in [2.05, 4.69) is 9.88 Å². The maximum atomic E-state index is 13.8. The molecule has 6 heteroatoms. The van der Waals surface area contributed by atoms with E-state index < -0.39 is 11.9 Å². The average Bonchev–Trinajstić information content (AvgIpc) is 3.35. The van der Waals surface area contributed by atoms with Gasteiger partial charge in [-0.05, 0) is 43.2 Å². The maximum absolute atomic E-state index is 13.8. The number of allylic oxidation sites excluding steroid dienone is 2. The van der Waals surface area contributed by atoms with Crippen LogP contribution in [-0.2, 0) is 16.1 Å². The van der Waals surface area contributed by atoms with E-state index in [1.54, 1.807) is 12.1 Å². The predicted octanol–water partition coefficient (Wildman–Crippen LogP) is 5.88. The van der Waals surface area contributed by atoms with E-state index in [1.165, 1.54) is 19.2 Å². The minimum atomic E-state index is -0.608. The molecule has 6 rings (SSSR count). The number of carbonyl (C=O) groups is 2. The van der Waals surface area contributed by atoms with Crippen molar-refractivity contribution >= 4 is 28.4 Å². The summed E-state index contributed by atoms with van der Waals surface area (Å²) in [6, 6.07) is 22.0. The highest BCUT2D eigenvalue weighted by atomic mass is 19.1. The molecule has 2 aliphatic rings. The van der Waals surface area contributed by atoms with Gasteiger partial charge in [-0.2, -0.15) is 0 Å². The highest BCUT2D eigenvalue weighted by Crippen LogP contribution is 2.49. The predicted molar refractivity (Wildman–Crippen MR) is 140 cm³/mol. The molecular weight excluding hydrogens is 467 g/mol. The Morgan fingerprint density at radius 1 is 0.973 bits per heavy atom. The summed E-state index contributed by atoms with van der Waals surface area (Å²) in [5.41, 5.74) is 7.60. The van der Waals surface area contributed by atoms with E-state index in [0.29, 0.717) is 29.0 Å². The molecule has 0 saturated heterocycles. The Balaban J connectivity index is 1.62. The highest BCUT2D eigenvalue weighted by molar-refractivity contribution is 6.23. The molecule has 4 aromatic rings. The lowest BCUT2D eigenvalue weighted by Crippen LogP contribution is -2.29. The molecule has 2 heterocycles. The summed E-state index contributed by atoms with van der Waals surface area (Å²) in [5.74, 6) is -1.45. The Morgan fingerprint density at radius 3 is 2.38 bits per heavy atom. The summed E-state index contributed by atoms with van der Waals surface area (Å²) in [7, 11) is 1.36. The molecule has 1 aliphatic carbocycles.